The molecule has 58 heavy (non-hydrogen) atoms. The van der Waals surface area contributed by atoms with Gasteiger partial charge < -0.3 is 39.2 Å². The summed E-state index contributed by atoms with van der Waals surface area (Å²) in [5, 5.41) is 19.9. The van der Waals surface area contributed by atoms with Gasteiger partial charge >= 0.3 is 0 Å². The van der Waals surface area contributed by atoms with Gasteiger partial charge in [0, 0.05) is 61.4 Å². The molecule has 0 unspecified atom stereocenters. The van der Waals surface area contributed by atoms with Gasteiger partial charge in [-0.15, -0.1) is 0 Å². The van der Waals surface area contributed by atoms with Crippen molar-refractivity contribution in [3.63, 3.8) is 0 Å². The van der Waals surface area contributed by atoms with Crippen LogP contribution in [0.2, 0.25) is 0 Å². The van der Waals surface area contributed by atoms with Crippen molar-refractivity contribution in [2.24, 2.45) is 0 Å². The van der Waals surface area contributed by atoms with Crippen molar-refractivity contribution in [1.82, 2.24) is 14.4 Å². The number of hydrogen-bond acceptors (Lipinski definition) is 9. The highest BCUT2D eigenvalue weighted by Crippen LogP contribution is 2.42. The van der Waals surface area contributed by atoms with E-state index in [1.807, 2.05) is 48.2 Å². The number of amides is 2. The second-order valence-corrected chi connectivity index (χ2v) is 15.3. The number of carbonyl (C=O) groups excluding carboxylic acids is 2. The van der Waals surface area contributed by atoms with Gasteiger partial charge in [-0.2, -0.15) is 0 Å². The number of aromatic nitrogens is 1. The Morgan fingerprint density at radius 1 is 0.879 bits per heavy atom. The van der Waals surface area contributed by atoms with Crippen LogP contribution < -0.4 is 19.9 Å². The second-order valence-electron chi connectivity index (χ2n) is 15.3. The van der Waals surface area contributed by atoms with Crippen LogP contribution in [-0.4, -0.2) is 87.7 Å². The molecule has 1 saturated heterocycles. The van der Waals surface area contributed by atoms with Gasteiger partial charge in [0.2, 0.25) is 6.79 Å². The fraction of sp³-hybridized carbons (Fsp3) is 0.333. The fourth-order valence-electron chi connectivity index (χ4n) is 8.84. The van der Waals surface area contributed by atoms with Crippen molar-refractivity contribution >= 4 is 23.2 Å². The van der Waals surface area contributed by atoms with Crippen molar-refractivity contribution in [2.45, 2.75) is 58.3 Å². The molecule has 2 amide bonds. The number of carbonyl (C=O) groups is 2. The third-order valence-corrected chi connectivity index (χ3v) is 12.0. The molecule has 4 aromatic carbocycles. The van der Waals surface area contributed by atoms with Gasteiger partial charge in [0.25, 0.3) is 11.8 Å². The first-order valence-electron chi connectivity index (χ1n) is 19.8. The summed E-state index contributed by atoms with van der Waals surface area (Å²) in [4.78, 5) is 36.4. The zero-order chi connectivity index (χ0) is 39.0. The molecule has 4 aliphatic rings. The molecule has 13 nitrogen and oxygen atoms in total. The lowest BCUT2D eigenvalue weighted by Gasteiger charge is -2.40. The zero-order valence-electron chi connectivity index (χ0n) is 32.6. The van der Waals surface area contributed by atoms with E-state index in [0.29, 0.717) is 72.3 Å². The number of phenolic OH excluding ortho intramolecular Hbond substituents is 1. The Bertz CT molecular complexity index is 2320. The van der Waals surface area contributed by atoms with Gasteiger partial charge in [-0.1, -0.05) is 36.4 Å². The molecule has 0 saturated carbocycles. The second kappa shape index (κ2) is 16.5. The van der Waals surface area contributed by atoms with Gasteiger partial charge in [-0.05, 0) is 103 Å². The van der Waals surface area contributed by atoms with Gasteiger partial charge in [-0.3, -0.25) is 25.2 Å². The van der Waals surface area contributed by atoms with Crippen LogP contribution >= 0.6 is 0 Å². The number of phenols is 1. The Morgan fingerprint density at radius 2 is 1.64 bits per heavy atom. The number of fused-ring (bicyclic) bond motifs is 3. The van der Waals surface area contributed by atoms with Crippen LogP contribution in [0.1, 0.15) is 61.5 Å². The molecule has 9 rings (SSSR count). The maximum Gasteiger partial charge on any atom is 0.260 e. The molecular weight excluding hydrogens is 739 g/mol. The molecule has 1 fully saturated rings. The van der Waals surface area contributed by atoms with E-state index < -0.39 is 0 Å². The summed E-state index contributed by atoms with van der Waals surface area (Å²) in [6.45, 7) is 7.12. The summed E-state index contributed by atoms with van der Waals surface area (Å²) in [5.41, 5.74) is 11.0. The van der Waals surface area contributed by atoms with Crippen LogP contribution in [0.25, 0.3) is 11.3 Å². The predicted molar refractivity (Wildman–Crippen MR) is 219 cm³/mol. The molecule has 0 bridgehead atoms. The van der Waals surface area contributed by atoms with Crippen molar-refractivity contribution in [3.05, 3.63) is 124 Å². The summed E-state index contributed by atoms with van der Waals surface area (Å²) in [5.74, 6) is 0.898. The average molecular weight is 788 g/mol. The number of hydrogen-bond donors (Lipinski definition) is 3. The highest BCUT2D eigenvalue weighted by Gasteiger charge is 2.36. The lowest BCUT2D eigenvalue weighted by Crippen LogP contribution is -2.52. The van der Waals surface area contributed by atoms with Crippen molar-refractivity contribution < 1.29 is 39.6 Å². The van der Waals surface area contributed by atoms with Crippen molar-refractivity contribution in [3.8, 4) is 28.5 Å². The number of nitrogens with zero attached hydrogens (tertiary/aromatic N) is 4. The Kier molecular flexibility index (Phi) is 11.1. The number of benzene rings is 4. The fourth-order valence-corrected chi connectivity index (χ4v) is 8.84. The van der Waals surface area contributed by atoms with Crippen LogP contribution in [-0.2, 0) is 37.2 Å². The zero-order valence-corrected chi connectivity index (χ0v) is 32.6. The molecule has 5 aromatic rings. The maximum atomic E-state index is 15.2. The third-order valence-electron chi connectivity index (χ3n) is 12.0. The molecule has 5 heterocycles. The molecule has 302 valence electrons. The van der Waals surface area contributed by atoms with Gasteiger partial charge in [-0.25, -0.2) is 0 Å². The Balaban J connectivity index is 0.00000469. The lowest BCUT2D eigenvalue weighted by molar-refractivity contribution is 0.0193. The van der Waals surface area contributed by atoms with Gasteiger partial charge in [0.1, 0.15) is 5.75 Å². The van der Waals surface area contributed by atoms with E-state index in [4.69, 9.17) is 14.2 Å². The van der Waals surface area contributed by atoms with Crippen LogP contribution in [0.5, 0.6) is 17.2 Å². The Hall–Kier alpha value is -5.86. The minimum atomic E-state index is -0.203. The number of morpholine rings is 1. The maximum absolute atomic E-state index is 15.2. The standard InChI is InChI=1S/C45H47N5O7.H2O/c1-29-31(9-6-10-39(29)46-54)25-49(33-12-14-35(51)15-13-33)45(53)38-22-41(48-16-5-4-11-40(38)48)36-23-42-43(57-28-56-42)24-37(36)44(52)50-26-32-8-3-2-7-30(32)21-34(50)27-47-17-19-55-20-18-47;/h2-3,6-10,12-15,22-24,34,46,51,54H,4-5,11,16-21,25-28H2,1H3;1H2/t34-;/m0./s1. The first kappa shape index (κ1) is 39.0. The predicted octanol–water partition coefficient (Wildman–Crippen LogP) is 5.96. The minimum Gasteiger partial charge on any atom is -0.508 e. The van der Waals surface area contributed by atoms with Crippen molar-refractivity contribution in [1.29, 1.82) is 0 Å². The van der Waals surface area contributed by atoms with E-state index in [9.17, 15) is 10.3 Å². The van der Waals surface area contributed by atoms with Crippen LogP contribution in [0.4, 0.5) is 11.4 Å². The topological polar surface area (TPSA) is 160 Å². The normalized spacial score (nSPS) is 17.2. The number of ether oxygens (including phenoxy) is 3. The van der Waals surface area contributed by atoms with E-state index in [1.165, 1.54) is 5.56 Å². The Morgan fingerprint density at radius 3 is 2.41 bits per heavy atom. The summed E-state index contributed by atoms with van der Waals surface area (Å²) in [6.07, 6.45) is 3.31. The van der Waals surface area contributed by atoms with Crippen molar-refractivity contribution in [2.75, 3.05) is 50.0 Å². The smallest absolute Gasteiger partial charge is 0.260 e. The van der Waals surface area contributed by atoms with E-state index in [1.54, 1.807) is 35.2 Å². The molecule has 13 heteroatoms. The van der Waals surface area contributed by atoms with Crippen LogP contribution in [0.3, 0.4) is 0 Å². The Labute approximate surface area is 337 Å². The third kappa shape index (κ3) is 7.37. The average Bonchev–Trinajstić information content (AvgIpc) is 3.87. The SMILES string of the molecule is Cc1c(CN(C(=O)c2cc(-c3cc4c(cc3C(=O)N3Cc5ccccc5C[C@H]3CN3CCOCC3)OCO4)n3c2CCCC3)c2ccc(O)cc2)cccc1NO.O. The van der Waals surface area contributed by atoms with Gasteiger partial charge in [0.05, 0.1) is 36.6 Å². The molecule has 0 radical (unpaired) electrons. The summed E-state index contributed by atoms with van der Waals surface area (Å²) >= 11 is 0. The largest absolute Gasteiger partial charge is 0.508 e. The minimum absolute atomic E-state index is 0. The monoisotopic (exact) mass is 787 g/mol. The lowest BCUT2D eigenvalue weighted by atomic mass is 9.92. The summed E-state index contributed by atoms with van der Waals surface area (Å²) in [6, 6.07) is 26.2. The molecule has 4 aliphatic heterocycles. The number of nitrogens with one attached hydrogen (secondary N) is 1. The summed E-state index contributed by atoms with van der Waals surface area (Å²) < 4.78 is 19.7. The number of anilines is 2. The van der Waals surface area contributed by atoms with E-state index >= 15 is 9.59 Å². The van der Waals surface area contributed by atoms with E-state index in [2.05, 4.69) is 33.1 Å². The molecule has 1 atom stereocenters. The molecule has 1 aromatic heterocycles. The van der Waals surface area contributed by atoms with E-state index in [0.717, 1.165) is 67.0 Å². The molecule has 5 N–H and O–H groups in total. The summed E-state index contributed by atoms with van der Waals surface area (Å²) in [7, 11) is 0. The first-order valence-corrected chi connectivity index (χ1v) is 19.8. The highest BCUT2D eigenvalue weighted by atomic mass is 16.7. The highest BCUT2D eigenvalue weighted by molar-refractivity contribution is 6.09. The number of aromatic hydroxyl groups is 1. The number of rotatable bonds is 9. The van der Waals surface area contributed by atoms with Gasteiger partial charge in [0.15, 0.2) is 11.5 Å². The van der Waals surface area contributed by atoms with Crippen LogP contribution in [0, 0.1) is 6.92 Å². The van der Waals surface area contributed by atoms with Crippen LogP contribution in [0.15, 0.2) is 84.9 Å². The molecule has 0 spiro atoms. The van der Waals surface area contributed by atoms with E-state index in [-0.39, 0.29) is 42.4 Å². The first-order chi connectivity index (χ1) is 27.9. The quantitative estimate of drug-likeness (QED) is 0.153. The molecule has 0 aliphatic carbocycles. The molecular formula is C45H49N5O8.